The van der Waals surface area contributed by atoms with Gasteiger partial charge in [0.15, 0.2) is 5.65 Å². The molecule has 13 nitrogen and oxygen atoms in total. The largest absolute Gasteiger partial charge is 0.469 e. The molecule has 1 aromatic carbocycles. The molecule has 0 bridgehead atoms. The van der Waals surface area contributed by atoms with E-state index in [1.54, 1.807) is 53.3 Å². The van der Waals surface area contributed by atoms with Crippen LogP contribution in [0.2, 0.25) is 0 Å². The molecule has 0 radical (unpaired) electrons. The molecule has 2 aromatic heterocycles. The molecule has 0 spiro atoms. The molecule has 216 valence electrons. The van der Waals surface area contributed by atoms with Crippen molar-refractivity contribution in [3.8, 4) is 0 Å². The zero-order chi connectivity index (χ0) is 29.1. The highest BCUT2D eigenvalue weighted by molar-refractivity contribution is 5.95. The lowest BCUT2D eigenvalue weighted by Crippen LogP contribution is -2.51. The summed E-state index contributed by atoms with van der Waals surface area (Å²) in [4.78, 5) is 63.8. The van der Waals surface area contributed by atoms with Crippen molar-refractivity contribution in [1.29, 1.82) is 0 Å². The third-order valence-corrected chi connectivity index (χ3v) is 7.19. The smallest absolute Gasteiger partial charge is 0.414 e. The van der Waals surface area contributed by atoms with Gasteiger partial charge in [0.25, 0.3) is 5.91 Å². The fraction of sp³-hybridized carbons (Fsp3) is 0.407. The maximum Gasteiger partial charge on any atom is 0.414 e. The van der Waals surface area contributed by atoms with Crippen molar-refractivity contribution in [3.05, 3.63) is 54.5 Å². The summed E-state index contributed by atoms with van der Waals surface area (Å²) in [6.07, 6.45) is 5.77. The van der Waals surface area contributed by atoms with Crippen LogP contribution in [0.3, 0.4) is 0 Å². The Kier molecular flexibility index (Phi) is 7.99. The van der Waals surface area contributed by atoms with Crippen LogP contribution in [0, 0.1) is 5.82 Å². The molecule has 5 rings (SSSR count). The fourth-order valence-corrected chi connectivity index (χ4v) is 4.90. The number of halogens is 1. The second-order valence-corrected chi connectivity index (χ2v) is 9.86. The van der Waals surface area contributed by atoms with E-state index < -0.39 is 24.0 Å². The number of carbonyl (C=O) groups is 4. The predicted molar refractivity (Wildman–Crippen MR) is 144 cm³/mol. The highest BCUT2D eigenvalue weighted by Crippen LogP contribution is 2.29. The van der Waals surface area contributed by atoms with Gasteiger partial charge in [-0.1, -0.05) is 0 Å². The van der Waals surface area contributed by atoms with Crippen LogP contribution in [-0.4, -0.2) is 108 Å². The monoisotopic (exact) mass is 567 g/mol. The minimum atomic E-state index is -0.596. The summed E-state index contributed by atoms with van der Waals surface area (Å²) < 4.78 is 26.8. The Labute approximate surface area is 235 Å². The van der Waals surface area contributed by atoms with Crippen molar-refractivity contribution in [1.82, 2.24) is 24.2 Å². The number of anilines is 2. The van der Waals surface area contributed by atoms with Crippen molar-refractivity contribution in [3.63, 3.8) is 0 Å². The first-order chi connectivity index (χ1) is 19.7. The van der Waals surface area contributed by atoms with Crippen LogP contribution in [0.4, 0.5) is 20.6 Å². The molecule has 0 saturated carbocycles. The quantitative estimate of drug-likeness (QED) is 0.373. The molecule has 0 unspecified atom stereocenters. The molecule has 0 N–H and O–H groups in total. The van der Waals surface area contributed by atoms with E-state index in [2.05, 4.69) is 14.7 Å². The Morgan fingerprint density at radius 3 is 2.68 bits per heavy atom. The normalized spacial score (nSPS) is 17.1. The van der Waals surface area contributed by atoms with Gasteiger partial charge in [-0.25, -0.2) is 14.2 Å². The maximum atomic E-state index is 15.1. The Morgan fingerprint density at radius 2 is 1.98 bits per heavy atom. The molecule has 41 heavy (non-hydrogen) atoms. The van der Waals surface area contributed by atoms with Crippen LogP contribution in [0.5, 0.6) is 0 Å². The van der Waals surface area contributed by atoms with Gasteiger partial charge < -0.3 is 28.6 Å². The topological polar surface area (TPSA) is 130 Å². The summed E-state index contributed by atoms with van der Waals surface area (Å²) in [5, 5.41) is 0. The fourth-order valence-electron chi connectivity index (χ4n) is 4.90. The number of esters is 1. The molecule has 2 aliphatic rings. The number of rotatable bonds is 8. The average Bonchev–Trinajstić information content (AvgIpc) is 3.58. The molecule has 0 aliphatic carbocycles. The van der Waals surface area contributed by atoms with Crippen LogP contribution >= 0.6 is 0 Å². The highest BCUT2D eigenvalue weighted by Gasteiger charge is 2.33. The number of ether oxygens (including phenoxy) is 2. The number of hydrogen-bond donors (Lipinski definition) is 0. The number of hydrogen-bond acceptors (Lipinski definition) is 9. The van der Waals surface area contributed by atoms with E-state index in [0.29, 0.717) is 49.6 Å². The van der Waals surface area contributed by atoms with E-state index in [4.69, 9.17) is 4.74 Å². The standard InChI is InChI=1S/C27H30FN7O6/c1-31(26(38)21-16-34-8-7-29-14-23(34)30-21)17-24(36)33-11-9-32(10-12-33)22-5-3-18(13-20(22)28)35-15-19(41-27(35)39)4-6-25(37)40-2/h3,5,7-8,13-14,16,19H,4,6,9-12,15,17H2,1-2H3/t19-/m0/s1. The number of cyclic esters (lactones) is 1. The van der Waals surface area contributed by atoms with Gasteiger partial charge in [0, 0.05) is 58.2 Å². The van der Waals surface area contributed by atoms with Gasteiger partial charge in [-0.3, -0.25) is 24.3 Å². The molecule has 3 amide bonds. The lowest BCUT2D eigenvalue weighted by Gasteiger charge is -2.37. The molecule has 2 saturated heterocycles. The first-order valence-corrected chi connectivity index (χ1v) is 13.1. The molecular formula is C27H30FN7O6. The Hall–Kier alpha value is -4.75. The number of piperazine rings is 1. The van der Waals surface area contributed by atoms with Crippen molar-refractivity contribution in [2.75, 3.05) is 63.2 Å². The van der Waals surface area contributed by atoms with E-state index in [0.717, 1.165) is 0 Å². The van der Waals surface area contributed by atoms with Crippen LogP contribution < -0.4 is 9.80 Å². The summed E-state index contributed by atoms with van der Waals surface area (Å²) in [5.41, 5.74) is 1.48. The predicted octanol–water partition coefficient (Wildman–Crippen LogP) is 1.57. The van der Waals surface area contributed by atoms with Crippen LogP contribution in [0.15, 0.2) is 43.0 Å². The first-order valence-electron chi connectivity index (χ1n) is 13.1. The molecular weight excluding hydrogens is 537 g/mol. The summed E-state index contributed by atoms with van der Waals surface area (Å²) in [6, 6.07) is 4.54. The molecule has 2 fully saturated rings. The Balaban J connectivity index is 1.13. The third-order valence-electron chi connectivity index (χ3n) is 7.19. The molecule has 4 heterocycles. The van der Waals surface area contributed by atoms with Gasteiger partial charge in [0.05, 0.1) is 37.8 Å². The molecule has 2 aliphatic heterocycles. The number of likely N-dealkylation sites (N-methyl/N-ethyl adjacent to an activating group) is 1. The van der Waals surface area contributed by atoms with Crippen molar-refractivity contribution in [2.45, 2.75) is 18.9 Å². The molecule has 3 aromatic rings. The number of benzene rings is 1. The van der Waals surface area contributed by atoms with Gasteiger partial charge in [0.1, 0.15) is 17.6 Å². The van der Waals surface area contributed by atoms with Crippen LogP contribution in [0.1, 0.15) is 23.3 Å². The highest BCUT2D eigenvalue weighted by atomic mass is 19.1. The number of aromatic nitrogens is 3. The van der Waals surface area contributed by atoms with Gasteiger partial charge in [-0.2, -0.15) is 0 Å². The second-order valence-electron chi connectivity index (χ2n) is 9.86. The van der Waals surface area contributed by atoms with E-state index in [-0.39, 0.29) is 37.0 Å². The van der Waals surface area contributed by atoms with E-state index in [1.165, 1.54) is 23.0 Å². The number of fused-ring (bicyclic) bond motifs is 1. The van der Waals surface area contributed by atoms with Crippen molar-refractivity contribution >= 4 is 40.9 Å². The Bertz CT molecular complexity index is 1440. The van der Waals surface area contributed by atoms with E-state index in [9.17, 15) is 19.2 Å². The summed E-state index contributed by atoms with van der Waals surface area (Å²) in [7, 11) is 2.84. The number of nitrogens with zero attached hydrogens (tertiary/aromatic N) is 7. The number of imidazole rings is 1. The minimum absolute atomic E-state index is 0.111. The van der Waals surface area contributed by atoms with E-state index >= 15 is 4.39 Å². The second kappa shape index (κ2) is 11.8. The van der Waals surface area contributed by atoms with Gasteiger partial charge >= 0.3 is 12.1 Å². The zero-order valence-electron chi connectivity index (χ0n) is 22.7. The zero-order valence-corrected chi connectivity index (χ0v) is 22.7. The summed E-state index contributed by atoms with van der Waals surface area (Å²) in [6.45, 7) is 1.63. The number of carbonyl (C=O) groups excluding carboxylic acids is 4. The minimum Gasteiger partial charge on any atom is -0.469 e. The van der Waals surface area contributed by atoms with Crippen molar-refractivity contribution < 1.29 is 33.0 Å². The molecule has 1 atom stereocenters. The maximum absolute atomic E-state index is 15.1. The van der Waals surface area contributed by atoms with Crippen molar-refractivity contribution in [2.24, 2.45) is 0 Å². The van der Waals surface area contributed by atoms with E-state index in [1.807, 2.05) is 4.90 Å². The van der Waals surface area contributed by atoms with Gasteiger partial charge in [-0.15, -0.1) is 0 Å². The summed E-state index contributed by atoms with van der Waals surface area (Å²) in [5.74, 6) is -1.48. The van der Waals surface area contributed by atoms with Crippen LogP contribution in [-0.2, 0) is 19.1 Å². The lowest BCUT2D eigenvalue weighted by atomic mass is 10.1. The number of methoxy groups -OCH3 is 1. The number of amides is 3. The van der Waals surface area contributed by atoms with Crippen LogP contribution in [0.25, 0.3) is 5.65 Å². The lowest BCUT2D eigenvalue weighted by molar-refractivity contribution is -0.141. The Morgan fingerprint density at radius 1 is 1.20 bits per heavy atom. The SMILES string of the molecule is COC(=O)CC[C@H]1CN(c2ccc(N3CCN(C(=O)CN(C)C(=O)c4cn5ccncc5n4)CC3)c(F)c2)C(=O)O1. The van der Waals surface area contributed by atoms with Gasteiger partial charge in [0.2, 0.25) is 5.91 Å². The van der Waals surface area contributed by atoms with Gasteiger partial charge in [-0.05, 0) is 24.6 Å². The summed E-state index contributed by atoms with van der Waals surface area (Å²) >= 11 is 0. The third kappa shape index (κ3) is 6.05. The molecule has 14 heteroatoms. The first kappa shape index (κ1) is 27.8. The average molecular weight is 568 g/mol.